The first-order valence-electron chi connectivity index (χ1n) is 6.32. The van der Waals surface area contributed by atoms with Crippen LogP contribution in [0.2, 0.25) is 0 Å². The smallest absolute Gasteiger partial charge is 0.0442 e. The number of aryl methyl sites for hydroxylation is 1. The van der Waals surface area contributed by atoms with Crippen molar-refractivity contribution in [2.75, 3.05) is 24.5 Å². The van der Waals surface area contributed by atoms with Crippen molar-refractivity contribution in [3.8, 4) is 0 Å². The molecular weight excluding hydrogens is 276 g/mol. The summed E-state index contributed by atoms with van der Waals surface area (Å²) >= 11 is 3.59. The van der Waals surface area contributed by atoms with E-state index < -0.39 is 0 Å². The molecule has 2 nitrogen and oxygen atoms in total. The van der Waals surface area contributed by atoms with Gasteiger partial charge in [-0.3, -0.25) is 0 Å². The molecule has 1 aromatic carbocycles. The third-order valence-corrected chi connectivity index (χ3v) is 3.58. The molecule has 0 saturated heterocycles. The van der Waals surface area contributed by atoms with Gasteiger partial charge in [0.15, 0.2) is 0 Å². The zero-order chi connectivity index (χ0) is 12.4. The maximum Gasteiger partial charge on any atom is 0.0442 e. The van der Waals surface area contributed by atoms with Gasteiger partial charge in [0.2, 0.25) is 0 Å². The van der Waals surface area contributed by atoms with E-state index in [0.29, 0.717) is 5.92 Å². The summed E-state index contributed by atoms with van der Waals surface area (Å²) in [6, 6.07) is 4.46. The Kier molecular flexibility index (Phi) is 4.10. The SMILES string of the molecule is Cc1cc(Br)cc2c1N(CC(C)C)CCNC2. The van der Waals surface area contributed by atoms with Crippen molar-refractivity contribution >= 4 is 21.6 Å². The largest absolute Gasteiger partial charge is 0.370 e. The van der Waals surface area contributed by atoms with Crippen molar-refractivity contribution in [2.24, 2.45) is 5.92 Å². The van der Waals surface area contributed by atoms with Crippen LogP contribution in [0.4, 0.5) is 5.69 Å². The van der Waals surface area contributed by atoms with Gasteiger partial charge in [0.05, 0.1) is 0 Å². The predicted molar refractivity (Wildman–Crippen MR) is 77.6 cm³/mol. The fraction of sp³-hybridized carbons (Fsp3) is 0.571. The third-order valence-electron chi connectivity index (χ3n) is 3.12. The summed E-state index contributed by atoms with van der Waals surface area (Å²) < 4.78 is 1.18. The Labute approximate surface area is 113 Å². The zero-order valence-corrected chi connectivity index (χ0v) is 12.5. The molecule has 0 radical (unpaired) electrons. The van der Waals surface area contributed by atoms with Gasteiger partial charge < -0.3 is 10.2 Å². The van der Waals surface area contributed by atoms with Crippen LogP contribution in [0.5, 0.6) is 0 Å². The second kappa shape index (κ2) is 5.40. The zero-order valence-electron chi connectivity index (χ0n) is 10.9. The molecular formula is C14H21BrN2. The average Bonchev–Trinajstić information content (AvgIpc) is 2.39. The number of hydrogen-bond acceptors (Lipinski definition) is 2. The molecule has 0 atom stereocenters. The van der Waals surface area contributed by atoms with Crippen molar-refractivity contribution in [1.82, 2.24) is 5.32 Å². The van der Waals surface area contributed by atoms with E-state index in [9.17, 15) is 0 Å². The Morgan fingerprint density at radius 2 is 2.18 bits per heavy atom. The van der Waals surface area contributed by atoms with Crippen LogP contribution in [-0.2, 0) is 6.54 Å². The Balaban J connectivity index is 2.40. The Hall–Kier alpha value is -0.540. The molecule has 1 aliphatic rings. The monoisotopic (exact) mass is 296 g/mol. The molecule has 0 unspecified atom stereocenters. The van der Waals surface area contributed by atoms with Crippen LogP contribution in [-0.4, -0.2) is 19.6 Å². The number of hydrogen-bond donors (Lipinski definition) is 1. The number of benzene rings is 1. The number of rotatable bonds is 2. The summed E-state index contributed by atoms with van der Waals surface area (Å²) in [6.07, 6.45) is 0. The number of nitrogens with one attached hydrogen (secondary N) is 1. The standard InChI is InChI=1S/C14H21BrN2/c1-10(2)9-17-5-4-16-8-12-7-13(15)6-11(3)14(12)17/h6-7,10,16H,4-5,8-9H2,1-3H3. The third kappa shape index (κ3) is 3.02. The minimum Gasteiger partial charge on any atom is -0.370 e. The molecule has 2 rings (SSSR count). The van der Waals surface area contributed by atoms with Gasteiger partial charge in [0.1, 0.15) is 0 Å². The van der Waals surface area contributed by atoms with Crippen LogP contribution in [0.1, 0.15) is 25.0 Å². The molecule has 0 aromatic heterocycles. The summed E-state index contributed by atoms with van der Waals surface area (Å²) in [4.78, 5) is 2.53. The van der Waals surface area contributed by atoms with E-state index in [1.54, 1.807) is 0 Å². The lowest BCUT2D eigenvalue weighted by atomic mass is 10.1. The molecule has 0 aliphatic carbocycles. The van der Waals surface area contributed by atoms with Gasteiger partial charge in [-0.15, -0.1) is 0 Å². The van der Waals surface area contributed by atoms with Gasteiger partial charge in [-0.25, -0.2) is 0 Å². The molecule has 1 N–H and O–H groups in total. The Morgan fingerprint density at radius 3 is 2.88 bits per heavy atom. The van der Waals surface area contributed by atoms with Crippen molar-refractivity contribution < 1.29 is 0 Å². The van der Waals surface area contributed by atoms with Gasteiger partial charge >= 0.3 is 0 Å². The topological polar surface area (TPSA) is 15.3 Å². The van der Waals surface area contributed by atoms with E-state index in [0.717, 1.165) is 26.2 Å². The number of anilines is 1. The van der Waals surface area contributed by atoms with Crippen LogP contribution < -0.4 is 10.2 Å². The fourth-order valence-electron chi connectivity index (χ4n) is 2.56. The minimum atomic E-state index is 0.698. The molecule has 1 heterocycles. The predicted octanol–water partition coefficient (Wildman–Crippen LogP) is 3.32. The molecule has 0 bridgehead atoms. The highest BCUT2D eigenvalue weighted by Gasteiger charge is 2.18. The van der Waals surface area contributed by atoms with Crippen molar-refractivity contribution in [2.45, 2.75) is 27.3 Å². The number of halogens is 1. The van der Waals surface area contributed by atoms with Crippen LogP contribution >= 0.6 is 15.9 Å². The maximum atomic E-state index is 3.59. The lowest BCUT2D eigenvalue weighted by Crippen LogP contribution is -2.32. The summed E-state index contributed by atoms with van der Waals surface area (Å²) in [5.74, 6) is 0.698. The van der Waals surface area contributed by atoms with E-state index in [1.807, 2.05) is 0 Å². The summed E-state index contributed by atoms with van der Waals surface area (Å²) in [7, 11) is 0. The molecule has 0 fully saturated rings. The Morgan fingerprint density at radius 1 is 1.41 bits per heavy atom. The van der Waals surface area contributed by atoms with Crippen molar-refractivity contribution in [3.05, 3.63) is 27.7 Å². The first-order chi connectivity index (χ1) is 8.08. The van der Waals surface area contributed by atoms with Gasteiger partial charge in [-0.1, -0.05) is 29.8 Å². The molecule has 0 amide bonds. The van der Waals surface area contributed by atoms with Gasteiger partial charge in [0.25, 0.3) is 0 Å². The fourth-order valence-corrected chi connectivity index (χ4v) is 3.18. The lowest BCUT2D eigenvalue weighted by molar-refractivity contribution is 0.600. The van der Waals surface area contributed by atoms with Crippen LogP contribution in [0.25, 0.3) is 0 Å². The van der Waals surface area contributed by atoms with Gasteiger partial charge in [0, 0.05) is 36.3 Å². The summed E-state index contributed by atoms with van der Waals surface area (Å²) in [5, 5.41) is 3.50. The van der Waals surface area contributed by atoms with Crippen LogP contribution in [0.15, 0.2) is 16.6 Å². The van der Waals surface area contributed by atoms with Crippen molar-refractivity contribution in [1.29, 1.82) is 0 Å². The first-order valence-corrected chi connectivity index (χ1v) is 7.12. The highest BCUT2D eigenvalue weighted by atomic mass is 79.9. The molecule has 0 saturated carbocycles. The molecule has 1 aliphatic heterocycles. The minimum absolute atomic E-state index is 0.698. The van der Waals surface area contributed by atoms with Crippen LogP contribution in [0, 0.1) is 12.8 Å². The summed E-state index contributed by atoms with van der Waals surface area (Å²) in [5.41, 5.74) is 4.22. The van der Waals surface area contributed by atoms with E-state index in [-0.39, 0.29) is 0 Å². The quantitative estimate of drug-likeness (QED) is 0.901. The highest BCUT2D eigenvalue weighted by Crippen LogP contribution is 2.30. The van der Waals surface area contributed by atoms with Gasteiger partial charge in [-0.05, 0) is 36.1 Å². The maximum absolute atomic E-state index is 3.59. The van der Waals surface area contributed by atoms with E-state index >= 15 is 0 Å². The highest BCUT2D eigenvalue weighted by molar-refractivity contribution is 9.10. The van der Waals surface area contributed by atoms with E-state index in [2.05, 4.69) is 59.1 Å². The van der Waals surface area contributed by atoms with Crippen molar-refractivity contribution in [3.63, 3.8) is 0 Å². The van der Waals surface area contributed by atoms with E-state index in [1.165, 1.54) is 21.3 Å². The molecule has 1 aromatic rings. The number of fused-ring (bicyclic) bond motifs is 1. The normalized spacial score (nSPS) is 15.9. The molecule has 3 heteroatoms. The molecule has 94 valence electrons. The Bertz CT molecular complexity index is 401. The van der Waals surface area contributed by atoms with Gasteiger partial charge in [-0.2, -0.15) is 0 Å². The second-order valence-corrected chi connectivity index (χ2v) is 6.16. The number of nitrogens with zero attached hydrogens (tertiary/aromatic N) is 1. The van der Waals surface area contributed by atoms with Crippen LogP contribution in [0.3, 0.4) is 0 Å². The second-order valence-electron chi connectivity index (χ2n) is 5.25. The molecule has 0 spiro atoms. The summed E-state index contributed by atoms with van der Waals surface area (Å²) in [6.45, 7) is 11.1. The average molecular weight is 297 g/mol. The lowest BCUT2D eigenvalue weighted by Gasteiger charge is -2.28. The first kappa shape index (κ1) is 12.9. The van der Waals surface area contributed by atoms with E-state index in [4.69, 9.17) is 0 Å². The molecule has 17 heavy (non-hydrogen) atoms.